The predicted octanol–water partition coefficient (Wildman–Crippen LogP) is 5.32. The fourth-order valence-electron chi connectivity index (χ4n) is 4.87. The summed E-state index contributed by atoms with van der Waals surface area (Å²) in [6, 6.07) is 0. The minimum atomic E-state index is -2.14. The molecule has 2 aliphatic carbocycles. The molecule has 0 spiro atoms. The molecule has 1 N–H and O–H groups in total. The monoisotopic (exact) mass is 530 g/mol. The van der Waals surface area contributed by atoms with Gasteiger partial charge in [-0.1, -0.05) is 62.8 Å². The average Bonchev–Trinajstić information content (AvgIpc) is 2.83. The normalized spacial score (nSPS) is 25.4. The molecule has 1 aliphatic heterocycles. The van der Waals surface area contributed by atoms with Crippen LogP contribution in [0.1, 0.15) is 79.6 Å². The summed E-state index contributed by atoms with van der Waals surface area (Å²) in [5.41, 5.74) is -0.807. The van der Waals surface area contributed by atoms with Gasteiger partial charge < -0.3 is 14.6 Å². The van der Waals surface area contributed by atoms with Crippen molar-refractivity contribution < 1.29 is 33.8 Å². The minimum Gasteiger partial charge on any atom is -0.463 e. The Morgan fingerprint density at radius 3 is 2.59 bits per heavy atom. The van der Waals surface area contributed by atoms with Gasteiger partial charge in [-0.2, -0.15) is 0 Å². The van der Waals surface area contributed by atoms with Crippen LogP contribution in [-0.2, 0) is 28.7 Å². The maximum Gasteiger partial charge on any atom is 0.334 e. The summed E-state index contributed by atoms with van der Waals surface area (Å²) >= 11 is 6.41. The fourth-order valence-corrected chi connectivity index (χ4v) is 5.21. The van der Waals surface area contributed by atoms with Crippen LogP contribution in [0.4, 0.5) is 0 Å². The molecule has 0 fully saturated rings. The molecule has 3 rings (SSSR count). The lowest BCUT2D eigenvalue weighted by molar-refractivity contribution is -0.166. The van der Waals surface area contributed by atoms with Gasteiger partial charge in [0.25, 0.3) is 0 Å². The zero-order chi connectivity index (χ0) is 27.5. The Kier molecular flexibility index (Phi) is 9.13. The van der Waals surface area contributed by atoms with Crippen molar-refractivity contribution in [2.75, 3.05) is 0 Å². The third-order valence-corrected chi connectivity index (χ3v) is 7.37. The van der Waals surface area contributed by atoms with Crippen LogP contribution < -0.4 is 0 Å². The molecule has 0 saturated heterocycles. The summed E-state index contributed by atoms with van der Waals surface area (Å²) in [6.45, 7) is 8.70. The Hall–Kier alpha value is -2.77. The quantitative estimate of drug-likeness (QED) is 0.186. The largest absolute Gasteiger partial charge is 0.463 e. The summed E-state index contributed by atoms with van der Waals surface area (Å²) in [5, 5.41) is 9.56. The smallest absolute Gasteiger partial charge is 0.334 e. The van der Waals surface area contributed by atoms with Gasteiger partial charge in [-0.15, -0.1) is 0 Å². The van der Waals surface area contributed by atoms with E-state index in [1.54, 1.807) is 19.9 Å². The number of ketones is 3. The Bertz CT molecular complexity index is 1170. The number of unbranched alkanes of at least 4 members (excludes halogenated alkanes) is 3. The molecule has 0 bridgehead atoms. The average molecular weight is 531 g/mol. The Balaban J connectivity index is 1.83. The highest BCUT2D eigenvalue weighted by Crippen LogP contribution is 2.41. The van der Waals surface area contributed by atoms with Gasteiger partial charge in [0.15, 0.2) is 5.78 Å². The van der Waals surface area contributed by atoms with E-state index < -0.39 is 29.2 Å². The second-order valence-electron chi connectivity index (χ2n) is 10.3. The lowest BCUT2D eigenvalue weighted by atomic mass is 9.79. The molecule has 0 aromatic heterocycles. The Morgan fingerprint density at radius 2 is 1.95 bits per heavy atom. The summed E-state index contributed by atoms with van der Waals surface area (Å²) in [6.07, 6.45) is 9.24. The minimum absolute atomic E-state index is 0.0175. The van der Waals surface area contributed by atoms with Crippen molar-refractivity contribution in [3.8, 4) is 0 Å². The van der Waals surface area contributed by atoms with Crippen LogP contribution in [-0.4, -0.2) is 40.1 Å². The molecule has 200 valence electrons. The van der Waals surface area contributed by atoms with Crippen LogP contribution in [0.15, 0.2) is 57.1 Å². The number of aliphatic hydroxyl groups is 1. The number of fused-ring (bicyclic) bond motifs is 1. The van der Waals surface area contributed by atoms with Crippen molar-refractivity contribution in [3.05, 3.63) is 57.1 Å². The number of carbonyl (C=O) groups is 4. The first-order valence-corrected chi connectivity index (χ1v) is 13.2. The molecule has 0 amide bonds. The first-order valence-electron chi connectivity index (χ1n) is 12.8. The van der Waals surface area contributed by atoms with E-state index in [9.17, 15) is 24.3 Å². The van der Waals surface area contributed by atoms with E-state index in [0.29, 0.717) is 23.1 Å². The van der Waals surface area contributed by atoms with Crippen LogP contribution in [0, 0.1) is 5.92 Å². The molecule has 1 heterocycles. The number of esters is 1. The van der Waals surface area contributed by atoms with Gasteiger partial charge in [-0.05, 0) is 45.6 Å². The number of hydrogen-bond acceptors (Lipinski definition) is 7. The maximum absolute atomic E-state index is 13.4. The number of ether oxygens (including phenoxy) is 2. The molecular formula is C29H35ClO7. The van der Waals surface area contributed by atoms with E-state index in [1.165, 1.54) is 19.4 Å². The van der Waals surface area contributed by atoms with Gasteiger partial charge in [0, 0.05) is 17.6 Å². The molecular weight excluding hydrogens is 496 g/mol. The summed E-state index contributed by atoms with van der Waals surface area (Å²) in [4.78, 5) is 52.0. The molecule has 0 aromatic rings. The zero-order valence-electron chi connectivity index (χ0n) is 22.1. The van der Waals surface area contributed by atoms with E-state index >= 15 is 0 Å². The number of allylic oxidation sites excluding steroid dienone is 4. The molecule has 0 radical (unpaired) electrons. The van der Waals surface area contributed by atoms with Gasteiger partial charge in [0.2, 0.25) is 17.2 Å². The molecule has 3 atom stereocenters. The van der Waals surface area contributed by atoms with E-state index in [1.807, 2.05) is 6.92 Å². The third kappa shape index (κ3) is 6.04. The van der Waals surface area contributed by atoms with Crippen molar-refractivity contribution in [1.29, 1.82) is 0 Å². The molecule has 0 saturated carbocycles. The Labute approximate surface area is 222 Å². The lowest BCUT2D eigenvalue weighted by Gasteiger charge is -2.33. The number of Topliss-reactive ketones (excluding diaryl/α,β-unsaturated/α-hetero) is 3. The van der Waals surface area contributed by atoms with Crippen molar-refractivity contribution >= 4 is 34.9 Å². The fraction of sp³-hybridized carbons (Fsp3) is 0.517. The molecule has 0 aromatic carbocycles. The van der Waals surface area contributed by atoms with Crippen LogP contribution in [0.2, 0.25) is 0 Å². The van der Waals surface area contributed by atoms with Crippen LogP contribution in [0.3, 0.4) is 0 Å². The number of aliphatic hydroxyl groups excluding tert-OH is 1. The highest BCUT2D eigenvalue weighted by atomic mass is 35.5. The third-order valence-electron chi connectivity index (χ3n) is 7.00. The van der Waals surface area contributed by atoms with E-state index in [4.69, 9.17) is 21.1 Å². The van der Waals surface area contributed by atoms with E-state index in [-0.39, 0.29) is 40.1 Å². The highest BCUT2D eigenvalue weighted by molar-refractivity contribution is 6.49. The zero-order valence-corrected chi connectivity index (χ0v) is 22.9. The van der Waals surface area contributed by atoms with Gasteiger partial charge in [-0.25, -0.2) is 4.79 Å². The number of rotatable bonds is 9. The van der Waals surface area contributed by atoms with Gasteiger partial charge in [0.1, 0.15) is 12.0 Å². The van der Waals surface area contributed by atoms with Crippen LogP contribution >= 0.6 is 11.6 Å². The number of carbonyl (C=O) groups excluding carboxylic acids is 4. The Morgan fingerprint density at radius 1 is 1.24 bits per heavy atom. The van der Waals surface area contributed by atoms with Crippen molar-refractivity contribution in [2.45, 2.75) is 91.3 Å². The predicted molar refractivity (Wildman–Crippen MR) is 139 cm³/mol. The van der Waals surface area contributed by atoms with E-state index in [0.717, 1.165) is 31.9 Å². The molecule has 3 aliphatic rings. The number of hydrogen-bond donors (Lipinski definition) is 1. The van der Waals surface area contributed by atoms with Crippen LogP contribution in [0.5, 0.6) is 0 Å². The lowest BCUT2D eigenvalue weighted by Crippen LogP contribution is -2.52. The van der Waals surface area contributed by atoms with Crippen LogP contribution in [0.25, 0.3) is 0 Å². The highest BCUT2D eigenvalue weighted by Gasteiger charge is 2.53. The molecule has 7 nitrogen and oxygen atoms in total. The van der Waals surface area contributed by atoms with Crippen molar-refractivity contribution in [1.82, 2.24) is 0 Å². The SMILES string of the molecule is CCCCCCC(C)/C=C(\C)C(=O)O[C@@]1(C)C(=O)C2=COC(C3=C(C)C[C@@H](O)CC3=O)=CC2=C(Cl)C1=O. The maximum atomic E-state index is 13.4. The van der Waals surface area contributed by atoms with Gasteiger partial charge in [-0.3, -0.25) is 14.4 Å². The second kappa shape index (κ2) is 11.7. The summed E-state index contributed by atoms with van der Waals surface area (Å²) < 4.78 is 11.1. The molecule has 8 heteroatoms. The first-order chi connectivity index (χ1) is 17.4. The molecule has 37 heavy (non-hydrogen) atoms. The topological polar surface area (TPSA) is 107 Å². The van der Waals surface area contributed by atoms with Crippen molar-refractivity contribution in [3.63, 3.8) is 0 Å². The van der Waals surface area contributed by atoms with Gasteiger partial charge >= 0.3 is 5.97 Å². The standard InChI is InChI=1S/C29H35ClO7/c1-6-7-8-9-10-16(2)11-18(4)28(35)37-29(5)26(33)21-15-36-23(14-20(21)25(30)27(29)34)24-17(3)12-19(31)13-22(24)32/h11,14-16,19,31H,6-10,12-13H2,1-5H3/b18-11+/t16?,19-,29+/m1/s1. The van der Waals surface area contributed by atoms with Crippen molar-refractivity contribution in [2.24, 2.45) is 5.92 Å². The summed E-state index contributed by atoms with van der Waals surface area (Å²) in [5.74, 6) is -2.36. The summed E-state index contributed by atoms with van der Waals surface area (Å²) in [7, 11) is 0. The second-order valence-corrected chi connectivity index (χ2v) is 10.7. The van der Waals surface area contributed by atoms with E-state index in [2.05, 4.69) is 6.92 Å². The number of halogens is 1. The molecule has 1 unspecified atom stereocenters. The van der Waals surface area contributed by atoms with Gasteiger partial charge in [0.05, 0.1) is 22.3 Å². The first kappa shape index (κ1) is 28.8.